The quantitative estimate of drug-likeness (QED) is 0.345. The maximum atomic E-state index is 11.1. The molecule has 0 fully saturated rings. The van der Waals surface area contributed by atoms with Crippen LogP contribution in [0.1, 0.15) is 12.5 Å². The Bertz CT molecular complexity index is 776. The second-order valence-electron chi connectivity index (χ2n) is 4.74. The molecule has 0 heterocycles. The third-order valence-corrected chi connectivity index (χ3v) is 2.74. The number of azo groups is 1. The largest absolute Gasteiger partial charge is 0.369 e. The highest BCUT2D eigenvalue weighted by molar-refractivity contribution is 6.00. The van der Waals surface area contributed by atoms with E-state index < -0.39 is 0 Å². The number of amides is 1. The van der Waals surface area contributed by atoms with Gasteiger partial charge < -0.3 is 16.8 Å². The van der Waals surface area contributed by atoms with E-state index in [4.69, 9.17) is 11.5 Å². The minimum atomic E-state index is -0.183. The Morgan fingerprint density at radius 3 is 2.21 bits per heavy atom. The van der Waals surface area contributed by atoms with Crippen molar-refractivity contribution >= 4 is 29.1 Å². The number of nitrogens with one attached hydrogen (secondary N) is 1. The molecular formula is C16H17N7O. The number of benzene rings is 2. The first-order chi connectivity index (χ1) is 11.5. The summed E-state index contributed by atoms with van der Waals surface area (Å²) in [5.74, 6) is -0.0974. The fraction of sp³-hybridized carbons (Fsp3) is 0.0625. The summed E-state index contributed by atoms with van der Waals surface area (Å²) < 4.78 is 0. The SMILES string of the molecule is CC(=O)Nc1ccc(C(N=Nc2ccccc2)=NN=C(N)N)cc1. The van der Waals surface area contributed by atoms with Gasteiger partial charge in [-0.3, -0.25) is 4.79 Å². The number of nitrogens with two attached hydrogens (primary N) is 2. The lowest BCUT2D eigenvalue weighted by atomic mass is 10.2. The summed E-state index contributed by atoms with van der Waals surface area (Å²) in [5.41, 5.74) is 12.6. The first-order valence-electron chi connectivity index (χ1n) is 7.06. The molecule has 0 radical (unpaired) electrons. The Kier molecular flexibility index (Phi) is 5.73. The molecule has 0 aliphatic carbocycles. The number of anilines is 1. The van der Waals surface area contributed by atoms with Crippen LogP contribution in [-0.4, -0.2) is 17.7 Å². The zero-order valence-corrected chi connectivity index (χ0v) is 13.0. The van der Waals surface area contributed by atoms with Crippen molar-refractivity contribution < 1.29 is 4.79 Å². The van der Waals surface area contributed by atoms with E-state index in [1.54, 1.807) is 24.3 Å². The summed E-state index contributed by atoms with van der Waals surface area (Å²) in [4.78, 5) is 11.1. The van der Waals surface area contributed by atoms with Crippen molar-refractivity contribution in [2.75, 3.05) is 5.32 Å². The van der Waals surface area contributed by atoms with Crippen LogP contribution in [0, 0.1) is 0 Å². The van der Waals surface area contributed by atoms with Crippen LogP contribution in [0.3, 0.4) is 0 Å². The standard InChI is InChI=1S/C16H17N7O/c1-11(24)19-13-9-7-12(8-10-13)15(22-23-16(17)18)21-20-14-5-3-2-4-6-14/h2-10H,1H3,(H,19,24)(H4,17,18,23). The first-order valence-corrected chi connectivity index (χ1v) is 7.06. The minimum Gasteiger partial charge on any atom is -0.369 e. The molecule has 0 aromatic heterocycles. The number of hydrogen-bond acceptors (Lipinski definition) is 4. The van der Waals surface area contributed by atoms with E-state index >= 15 is 0 Å². The lowest BCUT2D eigenvalue weighted by Gasteiger charge is -2.03. The van der Waals surface area contributed by atoms with Crippen LogP contribution in [0.4, 0.5) is 11.4 Å². The highest BCUT2D eigenvalue weighted by Gasteiger charge is 2.04. The Morgan fingerprint density at radius 2 is 1.62 bits per heavy atom. The normalized spacial score (nSPS) is 11.3. The molecule has 0 bridgehead atoms. The van der Waals surface area contributed by atoms with Gasteiger partial charge in [0, 0.05) is 18.2 Å². The summed E-state index contributed by atoms with van der Waals surface area (Å²) in [7, 11) is 0. The number of amidine groups is 1. The van der Waals surface area contributed by atoms with Gasteiger partial charge in [0.2, 0.25) is 17.7 Å². The molecule has 2 rings (SSSR count). The van der Waals surface area contributed by atoms with Crippen molar-refractivity contribution in [3.8, 4) is 0 Å². The van der Waals surface area contributed by atoms with Crippen LogP contribution < -0.4 is 16.8 Å². The smallest absolute Gasteiger partial charge is 0.221 e. The predicted octanol–water partition coefficient (Wildman–Crippen LogP) is 2.36. The molecule has 0 aliphatic heterocycles. The Hall–Kier alpha value is -3.55. The molecule has 2 aromatic carbocycles. The van der Waals surface area contributed by atoms with E-state index in [-0.39, 0.29) is 17.7 Å². The Morgan fingerprint density at radius 1 is 0.958 bits per heavy atom. The van der Waals surface area contributed by atoms with Gasteiger partial charge in [0.15, 0.2) is 0 Å². The van der Waals surface area contributed by atoms with E-state index in [9.17, 15) is 4.79 Å². The monoisotopic (exact) mass is 323 g/mol. The van der Waals surface area contributed by atoms with E-state index in [1.165, 1.54) is 6.92 Å². The predicted molar refractivity (Wildman–Crippen MR) is 94.1 cm³/mol. The molecule has 0 saturated heterocycles. The number of carbonyl (C=O) groups excluding carboxylic acids is 1. The van der Waals surface area contributed by atoms with Crippen molar-refractivity contribution in [3.63, 3.8) is 0 Å². The van der Waals surface area contributed by atoms with Crippen molar-refractivity contribution in [1.82, 2.24) is 0 Å². The van der Waals surface area contributed by atoms with Crippen LogP contribution in [0.15, 0.2) is 75.0 Å². The molecule has 0 aliphatic rings. The van der Waals surface area contributed by atoms with Crippen LogP contribution >= 0.6 is 0 Å². The molecule has 8 nitrogen and oxygen atoms in total. The average molecular weight is 323 g/mol. The summed E-state index contributed by atoms with van der Waals surface area (Å²) in [6.07, 6.45) is 0. The number of nitrogens with zero attached hydrogens (tertiary/aromatic N) is 4. The number of rotatable bonds is 4. The zero-order valence-electron chi connectivity index (χ0n) is 13.0. The van der Waals surface area contributed by atoms with E-state index in [2.05, 4.69) is 25.7 Å². The number of carbonyl (C=O) groups is 1. The third kappa shape index (κ3) is 5.34. The molecule has 1 amide bonds. The van der Waals surface area contributed by atoms with Crippen molar-refractivity contribution in [1.29, 1.82) is 0 Å². The van der Waals surface area contributed by atoms with Crippen LogP contribution in [0.5, 0.6) is 0 Å². The van der Waals surface area contributed by atoms with E-state index in [1.807, 2.05) is 30.3 Å². The van der Waals surface area contributed by atoms with E-state index in [0.717, 1.165) is 0 Å². The van der Waals surface area contributed by atoms with Gasteiger partial charge in [-0.2, -0.15) is 0 Å². The van der Waals surface area contributed by atoms with Gasteiger partial charge in [-0.15, -0.1) is 20.4 Å². The van der Waals surface area contributed by atoms with Crippen LogP contribution in [0.2, 0.25) is 0 Å². The Labute approximate surface area is 139 Å². The van der Waals surface area contributed by atoms with Gasteiger partial charge in [-0.05, 0) is 36.4 Å². The zero-order chi connectivity index (χ0) is 17.4. The van der Waals surface area contributed by atoms with Crippen molar-refractivity contribution in [3.05, 3.63) is 60.2 Å². The van der Waals surface area contributed by atoms with Gasteiger partial charge in [0.1, 0.15) is 0 Å². The second-order valence-corrected chi connectivity index (χ2v) is 4.74. The molecule has 2 aromatic rings. The molecule has 24 heavy (non-hydrogen) atoms. The topological polar surface area (TPSA) is 131 Å². The molecule has 8 heteroatoms. The maximum absolute atomic E-state index is 11.1. The van der Waals surface area contributed by atoms with Crippen LogP contribution in [0.25, 0.3) is 0 Å². The van der Waals surface area contributed by atoms with Gasteiger partial charge >= 0.3 is 0 Å². The van der Waals surface area contributed by atoms with E-state index in [0.29, 0.717) is 16.9 Å². The fourth-order valence-electron chi connectivity index (χ4n) is 1.75. The van der Waals surface area contributed by atoms with Crippen molar-refractivity contribution in [2.45, 2.75) is 6.92 Å². The van der Waals surface area contributed by atoms with Gasteiger partial charge in [0.25, 0.3) is 0 Å². The highest BCUT2D eigenvalue weighted by Crippen LogP contribution is 2.14. The van der Waals surface area contributed by atoms with Gasteiger partial charge in [0.05, 0.1) is 5.69 Å². The Balaban J connectivity index is 2.29. The number of guanidine groups is 1. The molecule has 0 spiro atoms. The first kappa shape index (κ1) is 16.8. The molecule has 122 valence electrons. The van der Waals surface area contributed by atoms with Crippen LogP contribution in [-0.2, 0) is 4.79 Å². The maximum Gasteiger partial charge on any atom is 0.221 e. The molecule has 5 N–H and O–H groups in total. The third-order valence-electron chi connectivity index (χ3n) is 2.74. The summed E-state index contributed by atoms with van der Waals surface area (Å²) >= 11 is 0. The molecule has 0 saturated carbocycles. The fourth-order valence-corrected chi connectivity index (χ4v) is 1.75. The summed E-state index contributed by atoms with van der Waals surface area (Å²) in [6.45, 7) is 1.44. The second kappa shape index (κ2) is 8.18. The molecule has 0 atom stereocenters. The van der Waals surface area contributed by atoms with Crippen molar-refractivity contribution in [2.24, 2.45) is 31.9 Å². The number of hydrogen-bond donors (Lipinski definition) is 3. The summed E-state index contributed by atoms with van der Waals surface area (Å²) in [5, 5.41) is 18.4. The molecular weight excluding hydrogens is 306 g/mol. The minimum absolute atomic E-state index is 0.152. The lowest BCUT2D eigenvalue weighted by molar-refractivity contribution is -0.114. The van der Waals surface area contributed by atoms with Gasteiger partial charge in [-0.1, -0.05) is 18.2 Å². The lowest BCUT2D eigenvalue weighted by Crippen LogP contribution is -2.22. The average Bonchev–Trinajstić information content (AvgIpc) is 2.56. The molecule has 0 unspecified atom stereocenters. The van der Waals surface area contributed by atoms with Gasteiger partial charge in [-0.25, -0.2) is 0 Å². The summed E-state index contributed by atoms with van der Waals surface area (Å²) in [6, 6.07) is 16.1. The highest BCUT2D eigenvalue weighted by atomic mass is 16.1.